The Morgan fingerprint density at radius 2 is 1.14 bits per heavy atom. The molecule has 3 aliphatic rings. The molecule has 2 saturated heterocycles. The minimum Gasteiger partial charge on any atom is -0.741 e. The molecule has 0 aliphatic carbocycles. The topological polar surface area (TPSA) is 245 Å². The van der Waals surface area contributed by atoms with Crippen LogP contribution in [-0.4, -0.2) is 152 Å². The summed E-state index contributed by atoms with van der Waals surface area (Å²) in [6.45, 7) is 8.82. The van der Waals surface area contributed by atoms with Gasteiger partial charge in [-0.25, -0.2) is 13.3 Å². The molecular formula is C26H32F9N3O14S3Yb. The summed E-state index contributed by atoms with van der Waals surface area (Å²) in [6.07, 6.45) is 3.41. The number of hydrogen-bond acceptors (Lipinski definition) is 13. The number of nitrogens with zero attached hydrogens (tertiary/aromatic N) is 3. The van der Waals surface area contributed by atoms with Gasteiger partial charge in [-0.2, -0.15) is 56.3 Å². The first-order chi connectivity index (χ1) is 24.8. The van der Waals surface area contributed by atoms with Crippen molar-refractivity contribution in [2.24, 2.45) is 0 Å². The minimum atomic E-state index is -6.09. The SMILES string of the molecule is C/C=C(\CN1CCOCC1)C[N+]1(/C(O)=C/N2C(=O)c3ccccc3C2=O)CCOCC1.O=S(=O)(O)C(F)(F)F.O=S(=O)(O)C(F)(F)F.O=S(=O)([O-])C(F)(F)F.[Yb]. The Balaban J connectivity index is 0.000000989. The molecule has 1 aromatic carbocycles. The quantitative estimate of drug-likeness (QED) is 0.0706. The second-order valence-electron chi connectivity index (χ2n) is 11.0. The zero-order valence-electron chi connectivity index (χ0n) is 28.1. The molecule has 2 fully saturated rings. The molecule has 3 N–H and O–H groups in total. The summed E-state index contributed by atoms with van der Waals surface area (Å²) in [6, 6.07) is 6.74. The number of alkyl halides is 9. The maximum Gasteiger partial charge on any atom is 0.522 e. The zero-order chi connectivity index (χ0) is 42.8. The van der Waals surface area contributed by atoms with E-state index in [0.717, 1.165) is 37.7 Å². The number of amides is 2. The summed E-state index contributed by atoms with van der Waals surface area (Å²) in [5, 5.41) is 11.2. The van der Waals surface area contributed by atoms with E-state index in [-0.39, 0.29) is 57.3 Å². The van der Waals surface area contributed by atoms with Crippen molar-refractivity contribution in [2.75, 3.05) is 65.7 Å². The number of benzene rings is 1. The fourth-order valence-corrected chi connectivity index (χ4v) is 4.39. The largest absolute Gasteiger partial charge is 0.741 e. The van der Waals surface area contributed by atoms with Crippen LogP contribution < -0.4 is 0 Å². The molecular weight excluding hydrogens is 1020 g/mol. The van der Waals surface area contributed by atoms with Crippen LogP contribution in [0.1, 0.15) is 27.6 Å². The van der Waals surface area contributed by atoms with Crippen LogP contribution in [0.5, 0.6) is 0 Å². The number of rotatable bonds is 6. The summed E-state index contributed by atoms with van der Waals surface area (Å²) in [5.74, 6) is -0.796. The minimum absolute atomic E-state index is 0. The van der Waals surface area contributed by atoms with Gasteiger partial charge in [-0.1, -0.05) is 18.2 Å². The Bertz CT molecular complexity index is 1760. The fourth-order valence-electron chi connectivity index (χ4n) is 4.39. The van der Waals surface area contributed by atoms with Crippen molar-refractivity contribution < 1.29 is 154 Å². The standard InChI is InChI=1S/C23H29N3O5.3CHF3O3S.Yb/c1-2-18(15-24-7-11-30-12-8-24)17-26(9-13-31-14-10-26)21(27)16-25-22(28)19-5-3-4-6-20(19)23(25)29;3*2-1(3,4)8(5,6)7;/h2-6,16H,7-15,17H2,1H3;3*(H,5,6,7);/b18-2+,21-16-;;;;. The predicted molar refractivity (Wildman–Crippen MR) is 165 cm³/mol. The smallest absolute Gasteiger partial charge is 0.522 e. The van der Waals surface area contributed by atoms with Crippen molar-refractivity contribution in [3.05, 3.63) is 59.1 Å². The van der Waals surface area contributed by atoms with Gasteiger partial charge in [0.05, 0.1) is 37.6 Å². The Labute approximate surface area is 351 Å². The number of halogens is 9. The molecule has 3 aliphatic heterocycles. The van der Waals surface area contributed by atoms with E-state index in [1.165, 1.54) is 11.8 Å². The molecule has 3 heterocycles. The number of ether oxygens (including phenoxy) is 2. The fraction of sp³-hybridized carbons (Fsp3) is 0.538. The Hall–Kier alpha value is -1.90. The maximum absolute atomic E-state index is 12.8. The van der Waals surface area contributed by atoms with Crippen LogP contribution in [0.25, 0.3) is 0 Å². The van der Waals surface area contributed by atoms with Gasteiger partial charge in [-0.3, -0.25) is 28.1 Å². The molecule has 2 amide bonds. The van der Waals surface area contributed by atoms with E-state index >= 15 is 0 Å². The van der Waals surface area contributed by atoms with Crippen LogP contribution in [-0.2, 0) is 39.8 Å². The second kappa shape index (κ2) is 21.4. The van der Waals surface area contributed by atoms with Gasteiger partial charge in [-0.05, 0) is 24.6 Å². The van der Waals surface area contributed by atoms with Crippen molar-refractivity contribution in [3.8, 4) is 0 Å². The number of morpholine rings is 2. The Kier molecular flexibility index (Phi) is 20.7. The molecule has 1 aromatic rings. The van der Waals surface area contributed by atoms with Gasteiger partial charge in [0.25, 0.3) is 11.8 Å². The van der Waals surface area contributed by atoms with Gasteiger partial charge >= 0.3 is 42.6 Å². The molecule has 0 spiro atoms. The number of hydrogen-bond donors (Lipinski definition) is 3. The van der Waals surface area contributed by atoms with Gasteiger partial charge in [0.2, 0.25) is 0 Å². The number of aliphatic hydroxyl groups is 1. The van der Waals surface area contributed by atoms with Crippen LogP contribution in [0, 0.1) is 46.9 Å². The summed E-state index contributed by atoms with van der Waals surface area (Å²) >= 11 is 0. The third-order valence-electron chi connectivity index (χ3n) is 7.20. The normalized spacial score (nSPS) is 18.6. The first-order valence-electron chi connectivity index (χ1n) is 14.6. The van der Waals surface area contributed by atoms with E-state index in [0.29, 0.717) is 44.0 Å². The van der Waals surface area contributed by atoms with Crippen LogP contribution in [0.3, 0.4) is 0 Å². The second-order valence-corrected chi connectivity index (χ2v) is 15.2. The number of quaternary nitrogens is 1. The van der Waals surface area contributed by atoms with Crippen LogP contribution in [0.15, 0.2) is 48.0 Å². The molecule has 0 radical (unpaired) electrons. The number of fused-ring (bicyclic) bond motifs is 1. The van der Waals surface area contributed by atoms with Crippen molar-refractivity contribution in [3.63, 3.8) is 0 Å². The molecule has 4 rings (SSSR count). The van der Waals surface area contributed by atoms with E-state index in [9.17, 15) is 54.2 Å². The molecule has 0 unspecified atom stereocenters. The van der Waals surface area contributed by atoms with E-state index in [1.54, 1.807) is 24.3 Å². The van der Waals surface area contributed by atoms with Crippen LogP contribution >= 0.6 is 0 Å². The summed E-state index contributed by atoms with van der Waals surface area (Å²) in [4.78, 5) is 28.9. The van der Waals surface area contributed by atoms with Gasteiger partial charge in [0.15, 0.2) is 10.1 Å². The van der Waals surface area contributed by atoms with Gasteiger partial charge < -0.3 is 19.1 Å². The predicted octanol–water partition coefficient (Wildman–Crippen LogP) is 2.60. The van der Waals surface area contributed by atoms with E-state index in [2.05, 4.69) is 11.0 Å². The van der Waals surface area contributed by atoms with E-state index < -0.39 is 58.7 Å². The average molecular weight is 1050 g/mol. The first-order valence-corrected chi connectivity index (χ1v) is 18.9. The number of aliphatic hydroxyl groups excluding tert-OH is 1. The molecule has 56 heavy (non-hydrogen) atoms. The Morgan fingerprint density at radius 3 is 1.46 bits per heavy atom. The molecule has 17 nitrogen and oxygen atoms in total. The zero-order valence-corrected chi connectivity index (χ0v) is 32.3. The monoisotopic (exact) mass is 1050 g/mol. The molecule has 0 bridgehead atoms. The van der Waals surface area contributed by atoms with Gasteiger partial charge in [-0.15, -0.1) is 0 Å². The van der Waals surface area contributed by atoms with Crippen LogP contribution in [0.2, 0.25) is 0 Å². The number of carbonyl (C=O) groups excluding carboxylic acids is 2. The molecule has 0 atom stereocenters. The summed E-state index contributed by atoms with van der Waals surface area (Å²) in [5.41, 5.74) is -14.8. The number of imide groups is 1. The average Bonchev–Trinajstić information content (AvgIpc) is 3.28. The van der Waals surface area contributed by atoms with Crippen molar-refractivity contribution >= 4 is 42.2 Å². The van der Waals surface area contributed by atoms with Gasteiger partial charge in [0, 0.05) is 66.6 Å². The molecule has 0 aromatic heterocycles. The van der Waals surface area contributed by atoms with Crippen molar-refractivity contribution in [1.82, 2.24) is 9.80 Å². The number of carbonyl (C=O) groups is 2. The third-order valence-corrected chi connectivity index (χ3v) is 8.93. The van der Waals surface area contributed by atoms with E-state index in [4.69, 9.17) is 48.4 Å². The Morgan fingerprint density at radius 1 is 0.786 bits per heavy atom. The maximum atomic E-state index is 12.8. The number of allylic oxidation sites excluding steroid dienone is 1. The molecule has 30 heteroatoms. The van der Waals surface area contributed by atoms with Crippen molar-refractivity contribution in [2.45, 2.75) is 23.4 Å². The van der Waals surface area contributed by atoms with E-state index in [1.807, 2.05) is 6.92 Å². The molecule has 0 saturated carbocycles. The first kappa shape index (κ1) is 54.1. The van der Waals surface area contributed by atoms with Gasteiger partial charge in [0.1, 0.15) is 25.8 Å². The summed E-state index contributed by atoms with van der Waals surface area (Å²) in [7, 11) is -17.8. The van der Waals surface area contributed by atoms with Crippen LogP contribution in [0.4, 0.5) is 39.5 Å². The molecule has 330 valence electrons. The summed E-state index contributed by atoms with van der Waals surface area (Å²) < 4.78 is 185. The third kappa shape index (κ3) is 16.4. The van der Waals surface area contributed by atoms with Crippen molar-refractivity contribution in [1.29, 1.82) is 0 Å².